The van der Waals surface area contributed by atoms with E-state index in [0.717, 1.165) is 25.8 Å². The highest BCUT2D eigenvalue weighted by atomic mass is 35.5. The number of phenols is 1. The first kappa shape index (κ1) is 16.3. The van der Waals surface area contributed by atoms with Crippen LogP contribution >= 0.6 is 11.6 Å². The molecule has 0 spiro atoms. The fraction of sp³-hybridized carbons (Fsp3) is 0.562. The van der Waals surface area contributed by atoms with Gasteiger partial charge in [-0.05, 0) is 44.9 Å². The number of carbonyl (C=O) groups is 1. The smallest absolute Gasteiger partial charge is 0.163 e. The predicted molar refractivity (Wildman–Crippen MR) is 82.9 cm³/mol. The van der Waals surface area contributed by atoms with Crippen LogP contribution in [0.1, 0.15) is 48.5 Å². The van der Waals surface area contributed by atoms with Gasteiger partial charge >= 0.3 is 0 Å². The number of aromatic hydroxyl groups is 1. The maximum Gasteiger partial charge on any atom is 0.163 e. The molecule has 1 aromatic carbocycles. The van der Waals surface area contributed by atoms with Gasteiger partial charge < -0.3 is 10.2 Å². The summed E-state index contributed by atoms with van der Waals surface area (Å²) in [4.78, 5) is 13.8. The summed E-state index contributed by atoms with van der Waals surface area (Å²) in [6, 6.07) is 3.54. The molecular formula is C16H22ClNO3. The van der Waals surface area contributed by atoms with Crippen molar-refractivity contribution in [2.24, 2.45) is 0 Å². The molecule has 0 aliphatic carbocycles. The summed E-state index contributed by atoms with van der Waals surface area (Å²) in [6.07, 6.45) is 4.08. The Labute approximate surface area is 130 Å². The Bertz CT molecular complexity index is 516. The number of halogens is 1. The van der Waals surface area contributed by atoms with Gasteiger partial charge in [0.2, 0.25) is 0 Å². The van der Waals surface area contributed by atoms with E-state index in [-0.39, 0.29) is 23.7 Å². The lowest BCUT2D eigenvalue weighted by Crippen LogP contribution is -2.39. The van der Waals surface area contributed by atoms with E-state index >= 15 is 0 Å². The number of nitrogens with zero attached hydrogens (tertiary/aromatic N) is 1. The summed E-state index contributed by atoms with van der Waals surface area (Å²) in [6.45, 7) is 3.08. The second kappa shape index (κ2) is 7.25. The van der Waals surface area contributed by atoms with Gasteiger partial charge in [0, 0.05) is 29.8 Å². The van der Waals surface area contributed by atoms with Crippen molar-refractivity contribution in [2.75, 3.05) is 13.2 Å². The summed E-state index contributed by atoms with van der Waals surface area (Å²) in [5, 5.41) is 19.9. The zero-order valence-electron chi connectivity index (χ0n) is 12.3. The molecule has 5 heteroatoms. The van der Waals surface area contributed by atoms with Crippen molar-refractivity contribution in [3.05, 3.63) is 28.3 Å². The lowest BCUT2D eigenvalue weighted by atomic mass is 9.98. The molecule has 0 radical (unpaired) electrons. The first-order valence-corrected chi connectivity index (χ1v) is 7.78. The van der Waals surface area contributed by atoms with Crippen LogP contribution in [0.4, 0.5) is 0 Å². The van der Waals surface area contributed by atoms with Crippen molar-refractivity contribution in [1.29, 1.82) is 0 Å². The van der Waals surface area contributed by atoms with Crippen molar-refractivity contribution in [3.63, 3.8) is 0 Å². The van der Waals surface area contributed by atoms with Crippen LogP contribution in [0.5, 0.6) is 5.75 Å². The number of rotatable bonds is 5. The molecule has 2 N–H and O–H groups in total. The van der Waals surface area contributed by atoms with Crippen molar-refractivity contribution in [3.8, 4) is 5.75 Å². The van der Waals surface area contributed by atoms with E-state index < -0.39 is 0 Å². The quantitative estimate of drug-likeness (QED) is 0.821. The summed E-state index contributed by atoms with van der Waals surface area (Å²) in [7, 11) is 0. The average molecular weight is 312 g/mol. The predicted octanol–water partition coefficient (Wildman–Crippen LogP) is 2.99. The zero-order valence-corrected chi connectivity index (χ0v) is 13.1. The number of piperidine rings is 1. The number of carbonyl (C=O) groups excluding carboxylic acids is 1. The number of hydrogen-bond acceptors (Lipinski definition) is 4. The number of Topliss-reactive ketones (excluding diaryl/α,β-unsaturated/α-hetero) is 1. The Kier molecular flexibility index (Phi) is 5.62. The first-order chi connectivity index (χ1) is 10.0. The number of likely N-dealkylation sites (tertiary alicyclic amines) is 1. The Hall–Kier alpha value is -1.10. The van der Waals surface area contributed by atoms with E-state index in [1.807, 2.05) is 0 Å². The SMILES string of the molecule is CC(=O)c1cc(Cl)cc(CN2CCCCC2CCO)c1O. The summed E-state index contributed by atoms with van der Waals surface area (Å²) < 4.78 is 0. The number of hydrogen-bond donors (Lipinski definition) is 2. The van der Waals surface area contributed by atoms with Crippen LogP contribution in [-0.2, 0) is 6.54 Å². The number of aliphatic hydroxyl groups excluding tert-OH is 1. The summed E-state index contributed by atoms with van der Waals surface area (Å²) in [5.74, 6) is -0.165. The first-order valence-electron chi connectivity index (χ1n) is 7.40. The Morgan fingerprint density at radius 3 is 2.86 bits per heavy atom. The van der Waals surface area contributed by atoms with Gasteiger partial charge in [-0.3, -0.25) is 9.69 Å². The van der Waals surface area contributed by atoms with E-state index in [0.29, 0.717) is 23.2 Å². The van der Waals surface area contributed by atoms with Gasteiger partial charge in [-0.15, -0.1) is 0 Å². The molecule has 4 nitrogen and oxygen atoms in total. The molecule has 1 aliphatic heterocycles. The normalized spacial score (nSPS) is 19.7. The highest BCUT2D eigenvalue weighted by Crippen LogP contribution is 2.31. The molecule has 1 unspecified atom stereocenters. The van der Waals surface area contributed by atoms with Crippen molar-refractivity contribution < 1.29 is 15.0 Å². The van der Waals surface area contributed by atoms with E-state index in [9.17, 15) is 15.0 Å². The number of aliphatic hydroxyl groups is 1. The molecule has 0 saturated carbocycles. The molecule has 21 heavy (non-hydrogen) atoms. The molecule has 0 bridgehead atoms. The molecule has 1 aliphatic rings. The molecule has 1 aromatic rings. The minimum absolute atomic E-state index is 0.0280. The van der Waals surface area contributed by atoms with Crippen LogP contribution in [0.3, 0.4) is 0 Å². The summed E-state index contributed by atoms with van der Waals surface area (Å²) in [5.41, 5.74) is 0.950. The maximum atomic E-state index is 11.6. The molecule has 116 valence electrons. The molecule has 1 heterocycles. The second-order valence-corrected chi connectivity index (χ2v) is 6.09. The Morgan fingerprint density at radius 1 is 1.43 bits per heavy atom. The molecule has 1 fully saturated rings. The van der Waals surface area contributed by atoms with Crippen molar-refractivity contribution >= 4 is 17.4 Å². The van der Waals surface area contributed by atoms with E-state index in [4.69, 9.17) is 11.6 Å². The van der Waals surface area contributed by atoms with Crippen LogP contribution < -0.4 is 0 Å². The molecule has 1 atom stereocenters. The minimum atomic E-state index is -0.193. The van der Waals surface area contributed by atoms with Crippen LogP contribution in [0.15, 0.2) is 12.1 Å². The Morgan fingerprint density at radius 2 is 2.19 bits per heavy atom. The van der Waals surface area contributed by atoms with E-state index in [1.165, 1.54) is 19.4 Å². The van der Waals surface area contributed by atoms with Gasteiger partial charge in [-0.1, -0.05) is 18.0 Å². The summed E-state index contributed by atoms with van der Waals surface area (Å²) >= 11 is 6.06. The number of ketones is 1. The van der Waals surface area contributed by atoms with Crippen LogP contribution in [0.25, 0.3) is 0 Å². The Balaban J connectivity index is 2.23. The highest BCUT2D eigenvalue weighted by molar-refractivity contribution is 6.31. The van der Waals surface area contributed by atoms with Crippen LogP contribution in [0, 0.1) is 0 Å². The van der Waals surface area contributed by atoms with E-state index in [2.05, 4.69) is 4.90 Å². The zero-order chi connectivity index (χ0) is 15.4. The maximum absolute atomic E-state index is 11.6. The van der Waals surface area contributed by atoms with Gasteiger partial charge in [-0.2, -0.15) is 0 Å². The average Bonchev–Trinajstić information content (AvgIpc) is 2.44. The molecule has 0 amide bonds. The molecule has 0 aromatic heterocycles. The fourth-order valence-electron chi connectivity index (χ4n) is 3.01. The fourth-order valence-corrected chi connectivity index (χ4v) is 3.25. The lowest BCUT2D eigenvalue weighted by Gasteiger charge is -2.35. The largest absolute Gasteiger partial charge is 0.507 e. The van der Waals surface area contributed by atoms with Crippen LogP contribution in [0.2, 0.25) is 5.02 Å². The second-order valence-electron chi connectivity index (χ2n) is 5.65. The van der Waals surface area contributed by atoms with E-state index in [1.54, 1.807) is 6.07 Å². The van der Waals surface area contributed by atoms with Crippen LogP contribution in [-0.4, -0.2) is 40.1 Å². The monoisotopic (exact) mass is 311 g/mol. The number of phenolic OH excluding ortho intramolecular Hbond substituents is 1. The lowest BCUT2D eigenvalue weighted by molar-refractivity contribution is 0.101. The third-order valence-corrected chi connectivity index (χ3v) is 4.34. The third kappa shape index (κ3) is 3.96. The third-order valence-electron chi connectivity index (χ3n) is 4.12. The molecule has 1 saturated heterocycles. The van der Waals surface area contributed by atoms with Gasteiger partial charge in [0.1, 0.15) is 5.75 Å². The molecular weight excluding hydrogens is 290 g/mol. The van der Waals surface area contributed by atoms with Gasteiger partial charge in [0.05, 0.1) is 5.56 Å². The van der Waals surface area contributed by atoms with Gasteiger partial charge in [0.15, 0.2) is 5.78 Å². The molecule has 2 rings (SSSR count). The van der Waals surface area contributed by atoms with Gasteiger partial charge in [0.25, 0.3) is 0 Å². The number of benzene rings is 1. The topological polar surface area (TPSA) is 60.8 Å². The minimum Gasteiger partial charge on any atom is -0.507 e. The van der Waals surface area contributed by atoms with Crippen molar-refractivity contribution in [2.45, 2.75) is 45.2 Å². The highest BCUT2D eigenvalue weighted by Gasteiger charge is 2.24. The van der Waals surface area contributed by atoms with Gasteiger partial charge in [-0.25, -0.2) is 0 Å². The van der Waals surface area contributed by atoms with Crippen molar-refractivity contribution in [1.82, 2.24) is 4.90 Å². The standard InChI is InChI=1S/C16H22ClNO3/c1-11(20)15-9-13(17)8-12(16(15)21)10-18-6-3-2-4-14(18)5-7-19/h8-9,14,19,21H,2-7,10H2,1H3.